The van der Waals surface area contributed by atoms with Gasteiger partial charge >= 0.3 is 0 Å². The van der Waals surface area contributed by atoms with E-state index in [1.165, 1.54) is 31.2 Å². The van der Waals surface area contributed by atoms with Crippen LogP contribution in [0.2, 0.25) is 0 Å². The summed E-state index contributed by atoms with van der Waals surface area (Å²) in [5, 5.41) is 1.13. The number of aromatic nitrogens is 2. The van der Waals surface area contributed by atoms with Crippen LogP contribution >= 0.6 is 0 Å². The Kier molecular flexibility index (Phi) is 5.28. The largest absolute Gasteiger partial charge is 0.346 e. The number of pyridine rings is 1. The summed E-state index contributed by atoms with van der Waals surface area (Å²) < 4.78 is 0. The maximum atomic E-state index is 4.60. The molecule has 0 aliphatic heterocycles. The summed E-state index contributed by atoms with van der Waals surface area (Å²) >= 11 is 0. The van der Waals surface area contributed by atoms with E-state index in [4.69, 9.17) is 0 Å². The highest BCUT2D eigenvalue weighted by Crippen LogP contribution is 2.26. The molecule has 2 aromatic rings. The molecule has 0 radical (unpaired) electrons. The van der Waals surface area contributed by atoms with Crippen molar-refractivity contribution in [3.63, 3.8) is 0 Å². The van der Waals surface area contributed by atoms with Gasteiger partial charge in [-0.3, -0.25) is 4.99 Å². The Morgan fingerprint density at radius 1 is 1.42 bits per heavy atom. The lowest BCUT2D eigenvalue weighted by molar-refractivity contribution is 0.688. The van der Waals surface area contributed by atoms with Crippen LogP contribution in [-0.4, -0.2) is 23.2 Å². The average Bonchev–Trinajstić information content (AvgIpc) is 3.03. The van der Waals surface area contributed by atoms with Crippen molar-refractivity contribution in [1.82, 2.24) is 9.97 Å². The molecule has 3 rings (SSSR count). The van der Waals surface area contributed by atoms with Gasteiger partial charge < -0.3 is 4.98 Å². The molecular weight excluding hydrogens is 294 g/mol. The molecule has 0 amide bonds. The van der Waals surface area contributed by atoms with Crippen molar-refractivity contribution in [2.45, 2.75) is 39.0 Å². The van der Waals surface area contributed by atoms with E-state index in [1.807, 2.05) is 31.6 Å². The summed E-state index contributed by atoms with van der Waals surface area (Å²) in [5.74, 6) is 5.93. The highest BCUT2D eigenvalue weighted by atomic mass is 14.8. The Hall–Kier alpha value is -2.60. The summed E-state index contributed by atoms with van der Waals surface area (Å²) in [6.45, 7) is 1.84. The van der Waals surface area contributed by atoms with Gasteiger partial charge in [-0.05, 0) is 56.7 Å². The molecule has 1 aliphatic rings. The zero-order valence-electron chi connectivity index (χ0n) is 14.4. The van der Waals surface area contributed by atoms with Crippen molar-refractivity contribution in [3.8, 4) is 11.8 Å². The van der Waals surface area contributed by atoms with E-state index in [-0.39, 0.29) is 0 Å². The lowest BCUT2D eigenvalue weighted by atomic mass is 9.94. The Bertz CT molecular complexity index is 869. The van der Waals surface area contributed by atoms with Crippen LogP contribution < -0.4 is 0 Å². The third-order valence-electron chi connectivity index (χ3n) is 4.36. The third-order valence-corrected chi connectivity index (χ3v) is 4.36. The smallest absolute Gasteiger partial charge is 0.137 e. The molecule has 2 aromatic heterocycles. The number of hydrogen-bond acceptors (Lipinski definition) is 2. The van der Waals surface area contributed by atoms with Crippen LogP contribution in [0.4, 0.5) is 0 Å². The fourth-order valence-corrected chi connectivity index (χ4v) is 3.18. The van der Waals surface area contributed by atoms with Gasteiger partial charge in [0.15, 0.2) is 0 Å². The van der Waals surface area contributed by atoms with Gasteiger partial charge in [0.2, 0.25) is 0 Å². The molecule has 24 heavy (non-hydrogen) atoms. The van der Waals surface area contributed by atoms with Crippen LogP contribution in [0.5, 0.6) is 0 Å². The Balaban J connectivity index is 1.98. The first-order valence-corrected chi connectivity index (χ1v) is 8.50. The fraction of sp³-hybridized carbons (Fsp3) is 0.333. The summed E-state index contributed by atoms with van der Waals surface area (Å²) in [5.41, 5.74) is 5.83. The monoisotopic (exact) mass is 317 g/mol. The molecule has 0 unspecified atom stereocenters. The van der Waals surface area contributed by atoms with Crippen LogP contribution in [0.3, 0.4) is 0 Å². The van der Waals surface area contributed by atoms with Crippen molar-refractivity contribution in [3.05, 3.63) is 47.3 Å². The first kappa shape index (κ1) is 16.3. The minimum atomic E-state index is 0.909. The van der Waals surface area contributed by atoms with Crippen molar-refractivity contribution in [2.75, 3.05) is 7.05 Å². The summed E-state index contributed by atoms with van der Waals surface area (Å²) in [4.78, 5) is 12.0. The number of nitrogens with zero attached hydrogens (tertiary/aromatic N) is 2. The molecular formula is C21H23N3. The number of rotatable bonds is 4. The molecule has 3 nitrogen and oxygen atoms in total. The first-order valence-electron chi connectivity index (χ1n) is 8.50. The summed E-state index contributed by atoms with van der Waals surface area (Å²) in [6.07, 6.45) is 16.2. The lowest BCUT2D eigenvalue weighted by Gasteiger charge is -2.12. The van der Waals surface area contributed by atoms with Gasteiger partial charge in [-0.1, -0.05) is 17.6 Å². The summed E-state index contributed by atoms with van der Waals surface area (Å²) in [7, 11) is 1.78. The number of hydrogen-bond donors (Lipinski definition) is 1. The van der Waals surface area contributed by atoms with Gasteiger partial charge in [0.1, 0.15) is 5.65 Å². The highest BCUT2D eigenvalue weighted by Gasteiger charge is 2.11. The molecule has 3 heteroatoms. The molecule has 1 N–H and O–H groups in total. The van der Waals surface area contributed by atoms with E-state index in [2.05, 4.69) is 38.9 Å². The van der Waals surface area contributed by atoms with Crippen molar-refractivity contribution >= 4 is 22.8 Å². The van der Waals surface area contributed by atoms with Gasteiger partial charge in [-0.2, -0.15) is 0 Å². The molecule has 0 spiro atoms. The summed E-state index contributed by atoms with van der Waals surface area (Å²) in [6, 6.07) is 2.25. The number of allylic oxidation sites excluding steroid dienone is 4. The average molecular weight is 317 g/mol. The van der Waals surface area contributed by atoms with Crippen LogP contribution in [0.25, 0.3) is 16.6 Å². The third kappa shape index (κ3) is 3.65. The first-order chi connectivity index (χ1) is 11.8. The number of H-pyrrole nitrogens is 1. The molecule has 122 valence electrons. The van der Waals surface area contributed by atoms with Gasteiger partial charge in [0.05, 0.1) is 0 Å². The SMILES string of the molecule is CC#C/C=C(\C=NC)c1c[nH]c2ncc(CC3=CCCCC3)cc12. The predicted octanol–water partition coefficient (Wildman–Crippen LogP) is 4.71. The standard InChI is InChI=1S/C21H23N3/c1-3-4-10-18(14-22-2)20-15-24-21-19(20)12-17(13-23-21)11-16-8-6-5-7-9-16/h8,10,12-15H,5-7,9,11H2,1-2H3,(H,23,24)/b18-10+,22-14?. The second-order valence-corrected chi connectivity index (χ2v) is 6.11. The van der Waals surface area contributed by atoms with Crippen molar-refractivity contribution in [2.24, 2.45) is 4.99 Å². The lowest BCUT2D eigenvalue weighted by Crippen LogP contribution is -1.97. The normalized spacial score (nSPS) is 15.4. The maximum Gasteiger partial charge on any atom is 0.137 e. The van der Waals surface area contributed by atoms with Gasteiger partial charge in [-0.15, -0.1) is 5.92 Å². The van der Waals surface area contributed by atoms with Crippen LogP contribution in [0.15, 0.2) is 41.2 Å². The van der Waals surface area contributed by atoms with E-state index in [0.717, 1.165) is 28.6 Å². The van der Waals surface area contributed by atoms with Crippen LogP contribution in [0, 0.1) is 11.8 Å². The highest BCUT2D eigenvalue weighted by molar-refractivity contribution is 6.15. The number of aliphatic imine (C=N–C) groups is 1. The van der Waals surface area contributed by atoms with Crippen molar-refractivity contribution in [1.29, 1.82) is 0 Å². The minimum Gasteiger partial charge on any atom is -0.346 e. The van der Waals surface area contributed by atoms with E-state index >= 15 is 0 Å². The van der Waals surface area contributed by atoms with Gasteiger partial charge in [-0.25, -0.2) is 4.98 Å². The molecule has 0 aromatic carbocycles. The second-order valence-electron chi connectivity index (χ2n) is 6.11. The quantitative estimate of drug-likeness (QED) is 0.495. The number of fused-ring (bicyclic) bond motifs is 1. The van der Waals surface area contributed by atoms with Gasteiger partial charge in [0.25, 0.3) is 0 Å². The Morgan fingerprint density at radius 3 is 3.08 bits per heavy atom. The second kappa shape index (κ2) is 7.79. The van der Waals surface area contributed by atoms with E-state index in [0.29, 0.717) is 0 Å². The maximum absolute atomic E-state index is 4.60. The topological polar surface area (TPSA) is 41.0 Å². The van der Waals surface area contributed by atoms with Gasteiger partial charge in [0, 0.05) is 42.2 Å². The Morgan fingerprint density at radius 2 is 2.33 bits per heavy atom. The molecule has 0 fully saturated rings. The molecule has 1 aliphatic carbocycles. The van der Waals surface area contributed by atoms with Crippen LogP contribution in [-0.2, 0) is 6.42 Å². The van der Waals surface area contributed by atoms with E-state index < -0.39 is 0 Å². The number of nitrogens with one attached hydrogen (secondary N) is 1. The Labute approximate surface area is 143 Å². The molecule has 0 saturated carbocycles. The molecule has 0 bridgehead atoms. The molecule has 0 saturated heterocycles. The predicted molar refractivity (Wildman–Crippen MR) is 102 cm³/mol. The number of aromatic amines is 1. The molecule has 2 heterocycles. The van der Waals surface area contributed by atoms with E-state index in [1.54, 1.807) is 12.6 Å². The van der Waals surface area contributed by atoms with Crippen LogP contribution in [0.1, 0.15) is 43.7 Å². The minimum absolute atomic E-state index is 0.909. The zero-order chi connectivity index (χ0) is 16.8. The fourth-order valence-electron chi connectivity index (χ4n) is 3.18. The molecule has 0 atom stereocenters. The zero-order valence-corrected chi connectivity index (χ0v) is 14.4. The van der Waals surface area contributed by atoms with Crippen molar-refractivity contribution < 1.29 is 0 Å². The van der Waals surface area contributed by atoms with E-state index in [9.17, 15) is 0 Å².